The van der Waals surface area contributed by atoms with Crippen molar-refractivity contribution in [2.24, 2.45) is 0 Å². The normalized spacial score (nSPS) is 14.6. The van der Waals surface area contributed by atoms with Gasteiger partial charge >= 0.3 is 0 Å². The average molecular weight is 273 g/mol. The van der Waals surface area contributed by atoms with Crippen LogP contribution in [-0.2, 0) is 13.0 Å². The number of hydrogen-bond acceptors (Lipinski definition) is 5. The van der Waals surface area contributed by atoms with E-state index in [2.05, 4.69) is 10.2 Å². The number of fused-ring (bicyclic) bond motifs is 1. The van der Waals surface area contributed by atoms with Gasteiger partial charge in [0.05, 0.1) is 4.92 Å². The highest BCUT2D eigenvalue weighted by molar-refractivity contribution is 5.74. The van der Waals surface area contributed by atoms with Gasteiger partial charge in [-0.05, 0) is 18.9 Å². The molecule has 2 aromatic rings. The van der Waals surface area contributed by atoms with Gasteiger partial charge in [0.15, 0.2) is 5.82 Å². The Bertz CT molecular complexity index is 665. The van der Waals surface area contributed by atoms with E-state index in [1.807, 2.05) is 4.57 Å². The summed E-state index contributed by atoms with van der Waals surface area (Å²) in [4.78, 5) is 10.5. The van der Waals surface area contributed by atoms with Crippen LogP contribution in [0.15, 0.2) is 18.2 Å². The molecule has 0 unspecified atom stereocenters. The van der Waals surface area contributed by atoms with Crippen molar-refractivity contribution in [3.8, 4) is 11.4 Å². The first-order valence-electron chi connectivity index (χ1n) is 6.63. The Morgan fingerprint density at radius 2 is 2.10 bits per heavy atom. The van der Waals surface area contributed by atoms with E-state index in [4.69, 9.17) is 5.73 Å². The third kappa shape index (κ3) is 2.11. The number of rotatable bonds is 2. The first-order chi connectivity index (χ1) is 9.66. The van der Waals surface area contributed by atoms with Crippen molar-refractivity contribution in [3.05, 3.63) is 34.1 Å². The smallest absolute Gasteiger partial charge is 0.270 e. The molecule has 104 valence electrons. The van der Waals surface area contributed by atoms with Crippen molar-refractivity contribution in [1.82, 2.24) is 14.8 Å². The Morgan fingerprint density at radius 3 is 2.90 bits per heavy atom. The van der Waals surface area contributed by atoms with Gasteiger partial charge in [0, 0.05) is 36.3 Å². The summed E-state index contributed by atoms with van der Waals surface area (Å²) in [5.41, 5.74) is 7.03. The number of non-ortho nitro benzene ring substituents is 1. The van der Waals surface area contributed by atoms with Crippen LogP contribution in [0, 0.1) is 10.1 Å². The van der Waals surface area contributed by atoms with Crippen LogP contribution in [0.25, 0.3) is 11.4 Å². The summed E-state index contributed by atoms with van der Waals surface area (Å²) in [7, 11) is 0. The average Bonchev–Trinajstić information content (AvgIpc) is 2.68. The van der Waals surface area contributed by atoms with E-state index < -0.39 is 4.92 Å². The quantitative estimate of drug-likeness (QED) is 0.513. The number of nitrogens with zero attached hydrogens (tertiary/aromatic N) is 4. The Hall–Kier alpha value is -2.44. The second-order valence-electron chi connectivity index (χ2n) is 4.93. The minimum absolute atomic E-state index is 0.0140. The first-order valence-corrected chi connectivity index (χ1v) is 6.63. The van der Waals surface area contributed by atoms with Crippen LogP contribution in [0.4, 0.5) is 11.4 Å². The maximum atomic E-state index is 10.9. The molecule has 7 heteroatoms. The van der Waals surface area contributed by atoms with Gasteiger partial charge in [0.1, 0.15) is 5.82 Å². The molecule has 1 aromatic carbocycles. The molecule has 0 amide bonds. The lowest BCUT2D eigenvalue weighted by Gasteiger charge is -2.08. The van der Waals surface area contributed by atoms with Gasteiger partial charge in [-0.15, -0.1) is 10.2 Å². The summed E-state index contributed by atoms with van der Waals surface area (Å²) < 4.78 is 2.03. The summed E-state index contributed by atoms with van der Waals surface area (Å²) in [6.07, 6.45) is 4.21. The Labute approximate surface area is 115 Å². The number of nitro groups is 1. The molecule has 0 saturated heterocycles. The fraction of sp³-hybridized carbons (Fsp3) is 0.385. The van der Waals surface area contributed by atoms with Gasteiger partial charge in [-0.25, -0.2) is 0 Å². The summed E-state index contributed by atoms with van der Waals surface area (Å²) in [6.45, 7) is 0.833. The lowest BCUT2D eigenvalue weighted by Crippen LogP contribution is -2.04. The minimum Gasteiger partial charge on any atom is -0.398 e. The highest BCUT2D eigenvalue weighted by Gasteiger charge is 2.19. The summed E-state index contributed by atoms with van der Waals surface area (Å²) in [5.74, 6) is 1.56. The van der Waals surface area contributed by atoms with Crippen LogP contribution in [-0.4, -0.2) is 19.7 Å². The molecule has 3 rings (SSSR count). The molecule has 1 aliphatic rings. The van der Waals surface area contributed by atoms with Gasteiger partial charge in [0.25, 0.3) is 5.69 Å². The van der Waals surface area contributed by atoms with Gasteiger partial charge in [-0.1, -0.05) is 6.42 Å². The Morgan fingerprint density at radius 1 is 1.25 bits per heavy atom. The predicted molar refractivity (Wildman–Crippen MR) is 74.1 cm³/mol. The lowest BCUT2D eigenvalue weighted by molar-refractivity contribution is -0.384. The standard InChI is InChI=1S/C13H15N5O2/c14-11-6-5-9(18(19)20)8-10(11)13-16-15-12-4-2-1-3-7-17(12)13/h5-6,8H,1-4,7,14H2. The zero-order chi connectivity index (χ0) is 14.1. The topological polar surface area (TPSA) is 99.9 Å². The number of benzene rings is 1. The van der Waals surface area contributed by atoms with E-state index in [1.165, 1.54) is 12.1 Å². The number of aryl methyl sites for hydroxylation is 1. The van der Waals surface area contributed by atoms with Gasteiger partial charge in [-0.2, -0.15) is 0 Å². The number of nitrogens with two attached hydrogens (primary N) is 1. The molecule has 1 aromatic heterocycles. The van der Waals surface area contributed by atoms with Crippen molar-refractivity contribution in [2.75, 3.05) is 5.73 Å². The fourth-order valence-electron chi connectivity index (χ4n) is 2.54. The third-order valence-electron chi connectivity index (χ3n) is 3.60. The molecule has 0 radical (unpaired) electrons. The van der Waals surface area contributed by atoms with Gasteiger partial charge < -0.3 is 10.3 Å². The summed E-state index contributed by atoms with van der Waals surface area (Å²) in [5, 5.41) is 19.3. The van der Waals surface area contributed by atoms with Crippen LogP contribution < -0.4 is 5.73 Å². The van der Waals surface area contributed by atoms with E-state index in [1.54, 1.807) is 6.07 Å². The monoisotopic (exact) mass is 273 g/mol. The van der Waals surface area contributed by atoms with E-state index in [0.717, 1.165) is 38.1 Å². The Kier molecular flexibility index (Phi) is 3.09. The van der Waals surface area contributed by atoms with Crippen molar-refractivity contribution < 1.29 is 4.92 Å². The third-order valence-corrected chi connectivity index (χ3v) is 3.60. The summed E-state index contributed by atoms with van der Waals surface area (Å²) in [6, 6.07) is 4.42. The zero-order valence-corrected chi connectivity index (χ0v) is 11.0. The molecule has 1 aliphatic heterocycles. The lowest BCUT2D eigenvalue weighted by atomic mass is 10.1. The SMILES string of the molecule is Nc1ccc([N+](=O)[O-])cc1-c1nnc2n1CCCCC2. The summed E-state index contributed by atoms with van der Waals surface area (Å²) >= 11 is 0. The first kappa shape index (κ1) is 12.6. The molecule has 7 nitrogen and oxygen atoms in total. The molecule has 0 fully saturated rings. The predicted octanol–water partition coefficient (Wildman–Crippen LogP) is 2.16. The van der Waals surface area contributed by atoms with Crippen molar-refractivity contribution in [2.45, 2.75) is 32.2 Å². The van der Waals surface area contributed by atoms with Crippen LogP contribution in [0.1, 0.15) is 25.1 Å². The molecule has 0 spiro atoms. The molecule has 0 aliphatic carbocycles. The van der Waals surface area contributed by atoms with Crippen molar-refractivity contribution in [1.29, 1.82) is 0 Å². The second-order valence-corrected chi connectivity index (χ2v) is 4.93. The maximum absolute atomic E-state index is 10.9. The highest BCUT2D eigenvalue weighted by atomic mass is 16.6. The largest absolute Gasteiger partial charge is 0.398 e. The van der Waals surface area contributed by atoms with Crippen molar-refractivity contribution >= 4 is 11.4 Å². The number of nitro benzene ring substituents is 1. The number of nitrogen functional groups attached to an aromatic ring is 1. The van der Waals surface area contributed by atoms with Crippen LogP contribution in [0.5, 0.6) is 0 Å². The second kappa shape index (κ2) is 4.92. The molecular formula is C13H15N5O2. The van der Waals surface area contributed by atoms with Crippen LogP contribution in [0.3, 0.4) is 0 Å². The van der Waals surface area contributed by atoms with E-state index in [0.29, 0.717) is 17.1 Å². The van der Waals surface area contributed by atoms with Crippen LogP contribution >= 0.6 is 0 Å². The van der Waals surface area contributed by atoms with Gasteiger partial charge in [-0.3, -0.25) is 10.1 Å². The van der Waals surface area contributed by atoms with Crippen molar-refractivity contribution in [3.63, 3.8) is 0 Å². The molecule has 0 atom stereocenters. The molecule has 20 heavy (non-hydrogen) atoms. The molecular weight excluding hydrogens is 258 g/mol. The maximum Gasteiger partial charge on any atom is 0.270 e. The molecule has 2 N–H and O–H groups in total. The highest BCUT2D eigenvalue weighted by Crippen LogP contribution is 2.30. The van der Waals surface area contributed by atoms with Crippen LogP contribution in [0.2, 0.25) is 0 Å². The number of hydrogen-bond donors (Lipinski definition) is 1. The molecule has 2 heterocycles. The van der Waals surface area contributed by atoms with E-state index in [9.17, 15) is 10.1 Å². The van der Waals surface area contributed by atoms with E-state index >= 15 is 0 Å². The molecule has 0 bridgehead atoms. The minimum atomic E-state index is -0.428. The van der Waals surface area contributed by atoms with E-state index in [-0.39, 0.29) is 5.69 Å². The van der Waals surface area contributed by atoms with Gasteiger partial charge in [0.2, 0.25) is 0 Å². The number of aromatic nitrogens is 3. The molecule has 0 saturated carbocycles. The fourth-order valence-corrected chi connectivity index (χ4v) is 2.54. The number of anilines is 1. The zero-order valence-electron chi connectivity index (χ0n) is 11.0. The Balaban J connectivity index is 2.11.